The van der Waals surface area contributed by atoms with Gasteiger partial charge in [0, 0.05) is 6.54 Å². The summed E-state index contributed by atoms with van der Waals surface area (Å²) in [6.45, 7) is -1.90. The second kappa shape index (κ2) is 15.5. The van der Waals surface area contributed by atoms with Crippen LogP contribution >= 0.6 is 7.82 Å². The van der Waals surface area contributed by atoms with Crippen molar-refractivity contribution in [1.29, 1.82) is 0 Å². The van der Waals surface area contributed by atoms with E-state index in [4.69, 9.17) is 21.9 Å². The van der Waals surface area contributed by atoms with Gasteiger partial charge in [0.25, 0.3) is 12.9 Å². The molecule has 0 aliphatic heterocycles. The molecule has 0 radical (unpaired) electrons. The van der Waals surface area contributed by atoms with E-state index in [1.165, 1.54) is 0 Å². The van der Waals surface area contributed by atoms with Gasteiger partial charge in [-0.1, -0.05) is 0 Å². The van der Waals surface area contributed by atoms with E-state index in [-0.39, 0.29) is 31.9 Å². The Kier molecular flexibility index (Phi) is 14.4. The number of carbonyl (C=O) groups excluding carboxylic acids is 3. The van der Waals surface area contributed by atoms with E-state index < -0.39 is 58.5 Å². The minimum atomic E-state index is -4.65. The molecule has 0 aromatic heterocycles. The third-order valence-electron chi connectivity index (χ3n) is 3.14. The van der Waals surface area contributed by atoms with Gasteiger partial charge in [0.1, 0.15) is 25.4 Å². The van der Waals surface area contributed by atoms with Gasteiger partial charge in [-0.05, 0) is 12.8 Å². The van der Waals surface area contributed by atoms with E-state index in [2.05, 4.69) is 23.5 Å². The van der Waals surface area contributed by atoms with Crippen LogP contribution in [0.15, 0.2) is 4.99 Å². The van der Waals surface area contributed by atoms with E-state index in [0.717, 1.165) is 0 Å². The normalized spacial score (nSPS) is 15.7. The van der Waals surface area contributed by atoms with E-state index in [9.17, 15) is 28.9 Å². The average Bonchev–Trinajstić information content (AvgIpc) is 2.69. The minimum absolute atomic E-state index is 0.0368. The number of hydrogen-bond acceptors (Lipinski definition) is 12. The van der Waals surface area contributed by atoms with Gasteiger partial charge < -0.3 is 41.4 Å². The Hall–Kier alpha value is -2.29. The first-order chi connectivity index (χ1) is 14.1. The SMILES string of the molecule is NC(N)=NCCC[C@H](N)C(=O)OC[C@H](O)COP(=O)(O)OC[C@@H](COC=O)OC=O. The number of hydrogen-bond donors (Lipinski definition) is 5. The molecule has 15 nitrogen and oxygen atoms in total. The molecule has 0 bridgehead atoms. The van der Waals surface area contributed by atoms with Crippen molar-refractivity contribution in [1.82, 2.24) is 0 Å². The van der Waals surface area contributed by atoms with Crippen LogP contribution < -0.4 is 17.2 Å². The first kappa shape index (κ1) is 27.7. The Morgan fingerprint density at radius 3 is 2.37 bits per heavy atom. The second-order valence-electron chi connectivity index (χ2n) is 5.68. The fourth-order valence-corrected chi connectivity index (χ4v) is 2.51. The highest BCUT2D eigenvalue weighted by atomic mass is 31.2. The standard InChI is InChI=1S/C14H27N4O11P/c15-12(2-1-3-18-14(16)17)13(22)26-4-10(21)5-28-30(23,24)29-7-11(27-9-20)6-25-8-19/h8-12,21H,1-7,15H2,(H,23,24)(H4,16,17,18)/t10-,11+,12-/m0/s1. The number of aliphatic hydroxyl groups is 1. The summed E-state index contributed by atoms with van der Waals surface area (Å²) in [5.41, 5.74) is 15.9. The zero-order chi connectivity index (χ0) is 23.0. The molecule has 0 amide bonds. The molecule has 0 fully saturated rings. The molecule has 0 saturated heterocycles. The van der Waals surface area contributed by atoms with Crippen LogP contribution in [0.3, 0.4) is 0 Å². The van der Waals surface area contributed by atoms with Crippen LogP contribution in [0.2, 0.25) is 0 Å². The molecule has 174 valence electrons. The van der Waals surface area contributed by atoms with E-state index in [1.807, 2.05) is 0 Å². The number of nitrogens with zero attached hydrogens (tertiary/aromatic N) is 1. The monoisotopic (exact) mass is 458 g/mol. The van der Waals surface area contributed by atoms with Crippen molar-refractivity contribution in [2.45, 2.75) is 31.1 Å². The average molecular weight is 458 g/mol. The molecule has 0 aliphatic rings. The Labute approximate surface area is 172 Å². The molecule has 0 heterocycles. The van der Waals surface area contributed by atoms with Gasteiger partial charge in [0.05, 0.1) is 13.2 Å². The van der Waals surface area contributed by atoms with Gasteiger partial charge in [-0.3, -0.25) is 28.4 Å². The largest absolute Gasteiger partial charge is 0.472 e. The summed E-state index contributed by atoms with van der Waals surface area (Å²) in [6.07, 6.45) is -1.93. The fourth-order valence-electron chi connectivity index (χ4n) is 1.72. The van der Waals surface area contributed by atoms with Gasteiger partial charge in [-0.15, -0.1) is 0 Å². The van der Waals surface area contributed by atoms with Crippen molar-refractivity contribution in [2.24, 2.45) is 22.2 Å². The number of guanidine groups is 1. The summed E-state index contributed by atoms with van der Waals surface area (Å²) in [7, 11) is -4.65. The van der Waals surface area contributed by atoms with Crippen molar-refractivity contribution >= 4 is 32.7 Å². The topological polar surface area (TPSA) is 245 Å². The summed E-state index contributed by atoms with van der Waals surface area (Å²) in [5, 5.41) is 9.69. The quantitative estimate of drug-likeness (QED) is 0.0263. The van der Waals surface area contributed by atoms with Gasteiger partial charge in [0.15, 0.2) is 12.1 Å². The Morgan fingerprint density at radius 2 is 1.77 bits per heavy atom. The number of carbonyl (C=O) groups is 3. The first-order valence-electron chi connectivity index (χ1n) is 8.53. The Bertz CT molecular complexity index is 602. The van der Waals surface area contributed by atoms with Crippen molar-refractivity contribution in [2.75, 3.05) is 33.0 Å². The van der Waals surface area contributed by atoms with Gasteiger partial charge in [0.2, 0.25) is 0 Å². The van der Waals surface area contributed by atoms with Crippen LogP contribution in [-0.4, -0.2) is 86.1 Å². The van der Waals surface area contributed by atoms with Crippen LogP contribution in [0.5, 0.6) is 0 Å². The number of phosphoric acid groups is 1. The third-order valence-corrected chi connectivity index (χ3v) is 4.09. The fraction of sp³-hybridized carbons (Fsp3) is 0.714. The lowest BCUT2D eigenvalue weighted by atomic mass is 10.2. The smallest absolute Gasteiger partial charge is 0.464 e. The summed E-state index contributed by atoms with van der Waals surface area (Å²) in [5.74, 6) is -0.883. The van der Waals surface area contributed by atoms with Crippen LogP contribution in [-0.2, 0) is 42.2 Å². The third kappa shape index (κ3) is 14.7. The molecule has 4 atom stereocenters. The van der Waals surface area contributed by atoms with Crippen molar-refractivity contribution in [3.05, 3.63) is 0 Å². The number of aliphatic hydroxyl groups excluding tert-OH is 1. The zero-order valence-electron chi connectivity index (χ0n) is 16.0. The molecule has 0 aliphatic carbocycles. The van der Waals surface area contributed by atoms with E-state index >= 15 is 0 Å². The van der Waals surface area contributed by atoms with Gasteiger partial charge in [-0.25, -0.2) is 4.57 Å². The first-order valence-corrected chi connectivity index (χ1v) is 10.0. The Morgan fingerprint density at radius 1 is 1.10 bits per heavy atom. The highest BCUT2D eigenvalue weighted by molar-refractivity contribution is 7.47. The highest BCUT2D eigenvalue weighted by Crippen LogP contribution is 2.43. The van der Waals surface area contributed by atoms with Crippen molar-refractivity contribution in [3.63, 3.8) is 0 Å². The summed E-state index contributed by atoms with van der Waals surface area (Å²) >= 11 is 0. The van der Waals surface area contributed by atoms with Crippen LogP contribution in [0.1, 0.15) is 12.8 Å². The molecule has 16 heteroatoms. The summed E-state index contributed by atoms with van der Waals surface area (Å²) in [6, 6.07) is -0.970. The van der Waals surface area contributed by atoms with E-state index in [0.29, 0.717) is 6.42 Å². The Balaban J connectivity index is 4.19. The van der Waals surface area contributed by atoms with Gasteiger partial charge >= 0.3 is 13.8 Å². The van der Waals surface area contributed by atoms with Crippen LogP contribution in [0.4, 0.5) is 0 Å². The lowest BCUT2D eigenvalue weighted by Crippen LogP contribution is -2.35. The van der Waals surface area contributed by atoms with E-state index in [1.54, 1.807) is 0 Å². The lowest BCUT2D eigenvalue weighted by Gasteiger charge is -2.18. The number of esters is 1. The molecule has 30 heavy (non-hydrogen) atoms. The predicted molar refractivity (Wildman–Crippen MR) is 99.5 cm³/mol. The summed E-state index contributed by atoms with van der Waals surface area (Å²) < 4.78 is 34.5. The van der Waals surface area contributed by atoms with Crippen molar-refractivity contribution in [3.8, 4) is 0 Å². The lowest BCUT2D eigenvalue weighted by molar-refractivity contribution is -0.149. The maximum Gasteiger partial charge on any atom is 0.472 e. The summed E-state index contributed by atoms with van der Waals surface area (Å²) in [4.78, 5) is 45.4. The number of ether oxygens (including phenoxy) is 3. The highest BCUT2D eigenvalue weighted by Gasteiger charge is 2.26. The molecule has 8 N–H and O–H groups in total. The second-order valence-corrected chi connectivity index (χ2v) is 7.14. The molecule has 0 aromatic rings. The van der Waals surface area contributed by atoms with Crippen LogP contribution in [0, 0.1) is 0 Å². The van der Waals surface area contributed by atoms with Gasteiger partial charge in [-0.2, -0.15) is 0 Å². The molecular weight excluding hydrogens is 431 g/mol. The maximum absolute atomic E-state index is 11.7. The number of phosphoric ester groups is 1. The number of aliphatic imine (C=N–C) groups is 1. The maximum atomic E-state index is 11.7. The molecule has 0 rings (SSSR count). The van der Waals surface area contributed by atoms with Crippen LogP contribution in [0.25, 0.3) is 0 Å². The number of nitrogens with two attached hydrogens (primary N) is 3. The molecule has 0 spiro atoms. The number of rotatable bonds is 18. The van der Waals surface area contributed by atoms with Crippen molar-refractivity contribution < 1.29 is 52.2 Å². The molecule has 0 saturated carbocycles. The predicted octanol–water partition coefficient (Wildman–Crippen LogP) is -2.88. The zero-order valence-corrected chi connectivity index (χ0v) is 16.9. The minimum Gasteiger partial charge on any atom is -0.464 e. The molecule has 0 aromatic carbocycles. The molecular formula is C14H27N4O11P. The molecule has 1 unspecified atom stereocenters.